The molecule has 0 aliphatic heterocycles. The smallest absolute Gasteiger partial charge is 0.255 e. The monoisotopic (exact) mass is 275 g/mol. The Kier molecular flexibility index (Phi) is 3.69. The summed E-state index contributed by atoms with van der Waals surface area (Å²) < 4.78 is 2.79. The molecule has 0 aliphatic carbocycles. The van der Waals surface area contributed by atoms with E-state index in [-0.39, 0.29) is 12.1 Å². The lowest BCUT2D eigenvalue weighted by atomic mass is 10.3. The van der Waals surface area contributed by atoms with Crippen LogP contribution in [-0.4, -0.2) is 25.2 Å². The van der Waals surface area contributed by atoms with Crippen molar-refractivity contribution in [3.05, 3.63) is 39.6 Å². The molecule has 0 spiro atoms. The lowest BCUT2D eigenvalue weighted by Gasteiger charge is -2.12. The third-order valence-electron chi connectivity index (χ3n) is 2.92. The van der Waals surface area contributed by atoms with Crippen molar-refractivity contribution in [2.45, 2.75) is 33.7 Å². The molecule has 1 amide bonds. The third-order valence-corrected chi connectivity index (χ3v) is 2.92. The van der Waals surface area contributed by atoms with E-state index >= 15 is 0 Å². The van der Waals surface area contributed by atoms with Crippen LogP contribution in [0.2, 0.25) is 0 Å². The number of primary amides is 1. The summed E-state index contributed by atoms with van der Waals surface area (Å²) in [6.07, 6.45) is 0.624. The molecule has 2 heterocycles. The third kappa shape index (κ3) is 2.61. The molecule has 0 saturated carbocycles. The first-order valence-electron chi connectivity index (χ1n) is 6.35. The minimum absolute atomic E-state index is 0.219. The molecule has 20 heavy (non-hydrogen) atoms. The van der Waals surface area contributed by atoms with E-state index in [0.29, 0.717) is 18.1 Å². The van der Waals surface area contributed by atoms with E-state index in [1.807, 2.05) is 26.8 Å². The van der Waals surface area contributed by atoms with Crippen molar-refractivity contribution in [1.29, 1.82) is 0 Å². The van der Waals surface area contributed by atoms with Gasteiger partial charge in [0.25, 0.3) is 5.56 Å². The highest BCUT2D eigenvalue weighted by molar-refractivity contribution is 5.73. The highest BCUT2D eigenvalue weighted by Gasteiger charge is 2.14. The Balaban J connectivity index is 2.71. The molecular formula is C13H17N5O2. The molecule has 0 saturated heterocycles. The van der Waals surface area contributed by atoms with Gasteiger partial charge >= 0.3 is 0 Å². The number of nitrogens with two attached hydrogens (primary N) is 1. The fraction of sp³-hybridized carbons (Fsp3) is 0.385. The molecule has 0 radical (unpaired) electrons. The van der Waals surface area contributed by atoms with Gasteiger partial charge in [0.15, 0.2) is 0 Å². The predicted octanol–water partition coefficient (Wildman–Crippen LogP) is 0.0935. The Morgan fingerprint density at radius 3 is 2.55 bits per heavy atom. The van der Waals surface area contributed by atoms with E-state index in [9.17, 15) is 9.59 Å². The highest BCUT2D eigenvalue weighted by Crippen LogP contribution is 2.09. The van der Waals surface area contributed by atoms with E-state index < -0.39 is 5.91 Å². The van der Waals surface area contributed by atoms with Gasteiger partial charge in [0.2, 0.25) is 11.9 Å². The fourth-order valence-electron chi connectivity index (χ4n) is 2.02. The van der Waals surface area contributed by atoms with E-state index in [1.54, 1.807) is 4.68 Å². The van der Waals surface area contributed by atoms with Gasteiger partial charge in [-0.25, -0.2) is 9.67 Å². The lowest BCUT2D eigenvalue weighted by Crippen LogP contribution is -2.32. The maximum absolute atomic E-state index is 12.1. The van der Waals surface area contributed by atoms with Crippen LogP contribution in [0.5, 0.6) is 0 Å². The van der Waals surface area contributed by atoms with Crippen LogP contribution in [0.1, 0.15) is 24.0 Å². The maximum Gasteiger partial charge on any atom is 0.255 e. The first-order chi connectivity index (χ1) is 9.42. The molecule has 0 fully saturated rings. The number of hydrogen-bond donors (Lipinski definition) is 1. The van der Waals surface area contributed by atoms with Crippen molar-refractivity contribution >= 4 is 5.91 Å². The van der Waals surface area contributed by atoms with Gasteiger partial charge < -0.3 is 5.73 Å². The van der Waals surface area contributed by atoms with E-state index in [2.05, 4.69) is 10.1 Å². The number of hydrogen-bond acceptors (Lipinski definition) is 4. The molecule has 0 aliphatic rings. The van der Waals surface area contributed by atoms with Gasteiger partial charge in [-0.05, 0) is 26.3 Å². The number of aryl methyl sites for hydroxylation is 3. The molecule has 0 aromatic carbocycles. The summed E-state index contributed by atoms with van der Waals surface area (Å²) >= 11 is 0. The van der Waals surface area contributed by atoms with Crippen molar-refractivity contribution in [3.8, 4) is 5.95 Å². The van der Waals surface area contributed by atoms with E-state index in [4.69, 9.17) is 5.73 Å². The molecule has 2 aromatic heterocycles. The minimum atomic E-state index is -0.596. The van der Waals surface area contributed by atoms with Crippen molar-refractivity contribution in [2.24, 2.45) is 5.73 Å². The van der Waals surface area contributed by atoms with Gasteiger partial charge in [0.1, 0.15) is 6.54 Å². The quantitative estimate of drug-likeness (QED) is 0.855. The molecule has 2 N–H and O–H groups in total. The maximum atomic E-state index is 12.1. The summed E-state index contributed by atoms with van der Waals surface area (Å²) in [6, 6.07) is 3.29. The van der Waals surface area contributed by atoms with Crippen molar-refractivity contribution in [2.75, 3.05) is 0 Å². The molecule has 0 atom stereocenters. The van der Waals surface area contributed by atoms with Crippen LogP contribution in [0.4, 0.5) is 0 Å². The molecule has 7 heteroatoms. The largest absolute Gasteiger partial charge is 0.368 e. The first-order valence-corrected chi connectivity index (χ1v) is 6.35. The molecule has 106 valence electrons. The van der Waals surface area contributed by atoms with Crippen molar-refractivity contribution < 1.29 is 4.79 Å². The number of nitrogens with zero attached hydrogens (tertiary/aromatic N) is 4. The van der Waals surface area contributed by atoms with Crippen LogP contribution in [0, 0.1) is 13.8 Å². The van der Waals surface area contributed by atoms with Gasteiger partial charge in [0.05, 0.1) is 5.69 Å². The Morgan fingerprint density at radius 2 is 2.05 bits per heavy atom. The Morgan fingerprint density at radius 1 is 1.35 bits per heavy atom. The van der Waals surface area contributed by atoms with Crippen LogP contribution < -0.4 is 11.3 Å². The Labute approximate surface area is 116 Å². The summed E-state index contributed by atoms with van der Waals surface area (Å²) in [5.74, 6) is -0.278. The second-order valence-corrected chi connectivity index (χ2v) is 4.63. The number of rotatable bonds is 4. The average molecular weight is 275 g/mol. The zero-order valence-electron chi connectivity index (χ0n) is 11.8. The van der Waals surface area contributed by atoms with Gasteiger partial charge in [-0.1, -0.05) is 6.92 Å². The second-order valence-electron chi connectivity index (χ2n) is 4.63. The number of carbonyl (C=O) groups is 1. The van der Waals surface area contributed by atoms with Crippen molar-refractivity contribution in [3.63, 3.8) is 0 Å². The zero-order chi connectivity index (χ0) is 14.9. The molecule has 2 aromatic rings. The van der Waals surface area contributed by atoms with E-state index in [0.717, 1.165) is 11.4 Å². The highest BCUT2D eigenvalue weighted by atomic mass is 16.2. The molecule has 2 rings (SSSR count). The summed E-state index contributed by atoms with van der Waals surface area (Å²) in [5.41, 5.74) is 7.19. The normalized spacial score (nSPS) is 10.8. The zero-order valence-corrected chi connectivity index (χ0v) is 11.8. The van der Waals surface area contributed by atoms with Crippen LogP contribution in [0.25, 0.3) is 5.95 Å². The Hall–Kier alpha value is -2.44. The molecule has 0 bridgehead atoms. The molecule has 0 unspecified atom stereocenters. The lowest BCUT2D eigenvalue weighted by molar-refractivity contribution is -0.118. The minimum Gasteiger partial charge on any atom is -0.368 e. The van der Waals surface area contributed by atoms with Crippen LogP contribution in [0.15, 0.2) is 16.9 Å². The van der Waals surface area contributed by atoms with Crippen LogP contribution in [0.3, 0.4) is 0 Å². The van der Waals surface area contributed by atoms with E-state index in [1.165, 1.54) is 10.6 Å². The summed E-state index contributed by atoms with van der Waals surface area (Å²) in [6.45, 7) is 5.40. The summed E-state index contributed by atoms with van der Waals surface area (Å²) in [4.78, 5) is 27.7. The van der Waals surface area contributed by atoms with Gasteiger partial charge in [-0.2, -0.15) is 5.10 Å². The topological polar surface area (TPSA) is 95.8 Å². The van der Waals surface area contributed by atoms with Crippen LogP contribution in [-0.2, 0) is 17.8 Å². The van der Waals surface area contributed by atoms with Crippen LogP contribution >= 0.6 is 0 Å². The first kappa shape index (κ1) is 14.0. The SMILES string of the molecule is CCc1cc(=O)n(CC(N)=O)c(-n2nc(C)cc2C)n1. The number of aromatic nitrogens is 4. The standard InChI is InChI=1S/C13H17N5O2/c1-4-10-6-12(20)17(7-11(14)19)13(15-10)18-9(3)5-8(2)16-18/h5-6H,4,7H2,1-3H3,(H2,14,19). The number of amides is 1. The Bertz CT molecular complexity index is 714. The average Bonchev–Trinajstić information content (AvgIpc) is 2.70. The fourth-order valence-corrected chi connectivity index (χ4v) is 2.02. The summed E-state index contributed by atoms with van der Waals surface area (Å²) in [5, 5.41) is 4.31. The number of carbonyl (C=O) groups excluding carboxylic acids is 1. The van der Waals surface area contributed by atoms with Gasteiger partial charge in [-0.3, -0.25) is 14.2 Å². The molecule has 7 nitrogen and oxygen atoms in total. The second kappa shape index (κ2) is 5.28. The van der Waals surface area contributed by atoms with Gasteiger partial charge in [0, 0.05) is 17.5 Å². The van der Waals surface area contributed by atoms with Gasteiger partial charge in [-0.15, -0.1) is 0 Å². The summed E-state index contributed by atoms with van der Waals surface area (Å²) in [7, 11) is 0. The van der Waals surface area contributed by atoms with Crippen molar-refractivity contribution in [1.82, 2.24) is 19.3 Å². The molecular weight excluding hydrogens is 258 g/mol. The predicted molar refractivity (Wildman–Crippen MR) is 73.7 cm³/mol.